The van der Waals surface area contributed by atoms with E-state index in [0.717, 1.165) is 16.3 Å². The van der Waals surface area contributed by atoms with Crippen molar-refractivity contribution in [3.8, 4) is 0 Å². The van der Waals surface area contributed by atoms with Crippen molar-refractivity contribution in [1.82, 2.24) is 15.4 Å². The van der Waals surface area contributed by atoms with Gasteiger partial charge in [0.15, 0.2) is 0 Å². The number of aliphatic hydroxyl groups is 2. The summed E-state index contributed by atoms with van der Waals surface area (Å²) in [6.07, 6.45) is -1.67. The molecule has 0 saturated carbocycles. The molecule has 0 heterocycles. The number of aliphatic hydroxyl groups excluding tert-OH is 2. The Bertz CT molecular complexity index is 997. The van der Waals surface area contributed by atoms with Crippen LogP contribution in [0.3, 0.4) is 0 Å². The van der Waals surface area contributed by atoms with E-state index in [1.807, 2.05) is 95.3 Å². The summed E-state index contributed by atoms with van der Waals surface area (Å²) in [7, 11) is 0. The molecule has 5 atom stereocenters. The molecule has 0 fully saturated rings. The van der Waals surface area contributed by atoms with Gasteiger partial charge in [0.25, 0.3) is 0 Å². The van der Waals surface area contributed by atoms with Crippen molar-refractivity contribution < 1.29 is 24.6 Å². The van der Waals surface area contributed by atoms with Crippen LogP contribution in [0.25, 0.3) is 0 Å². The van der Waals surface area contributed by atoms with Crippen LogP contribution < -0.4 is 11.2 Å². The summed E-state index contributed by atoms with van der Waals surface area (Å²) in [5.41, 5.74) is 1.24. The van der Waals surface area contributed by atoms with Gasteiger partial charge in [-0.2, -0.15) is 0 Å². The second kappa shape index (κ2) is 15.1. The largest absolute Gasteiger partial charge is 0.391 e. The number of hydroxylamine groups is 1. The molecule has 5 N–H and O–H groups in total. The maximum absolute atomic E-state index is 14.4. The van der Waals surface area contributed by atoms with Crippen LogP contribution in [0.1, 0.15) is 59.1 Å². The van der Waals surface area contributed by atoms with E-state index in [0.29, 0.717) is 19.3 Å². The van der Waals surface area contributed by atoms with E-state index in [1.165, 1.54) is 4.90 Å². The van der Waals surface area contributed by atoms with Gasteiger partial charge in [-0.1, -0.05) is 74.5 Å². The third kappa shape index (κ3) is 10.0. The van der Waals surface area contributed by atoms with Gasteiger partial charge in [-0.15, -0.1) is 5.17 Å². The maximum Gasteiger partial charge on any atom is 0.246 e. The monoisotopic (exact) mass is 542 g/mol. The Labute approximate surface area is 232 Å². The van der Waals surface area contributed by atoms with Gasteiger partial charge < -0.3 is 20.4 Å². The van der Waals surface area contributed by atoms with Gasteiger partial charge in [0.05, 0.1) is 23.9 Å². The number of nitrogens with zero attached hydrogens (tertiary/aromatic N) is 2. The Kier molecular flexibility index (Phi) is 12.5. The summed E-state index contributed by atoms with van der Waals surface area (Å²) < 4.78 is 0. The first-order valence-corrected chi connectivity index (χ1v) is 13.5. The van der Waals surface area contributed by atoms with Crippen LogP contribution in [-0.4, -0.2) is 68.7 Å². The van der Waals surface area contributed by atoms with E-state index in [9.17, 15) is 19.8 Å². The standard InChI is InChI=1S/C30H46N4O5/c1-21(2)27(34(31)39-30(4,5)6)29(38)33(25(22(3)36)19-24-15-11-8-12-16-24)28(32-20-35)26(37)18-17-23-13-9-7-10-14-23/h7-16,20-22,25-28,36-37H,17-19,31H2,1-6H3,(H,32,35)/t22?,25?,26?,27-,28?/m0/s1. The highest BCUT2D eigenvalue weighted by Gasteiger charge is 2.43. The number of aryl methyl sites for hydroxylation is 1. The zero-order chi connectivity index (χ0) is 29.2. The minimum Gasteiger partial charge on any atom is -0.391 e. The molecule has 2 amide bonds. The number of nitrogens with two attached hydrogens (primary N) is 1. The Morgan fingerprint density at radius 2 is 1.54 bits per heavy atom. The summed E-state index contributed by atoms with van der Waals surface area (Å²) in [4.78, 5) is 33.4. The molecule has 2 rings (SSSR count). The first-order valence-electron chi connectivity index (χ1n) is 13.5. The number of rotatable bonds is 15. The van der Waals surface area contributed by atoms with Crippen molar-refractivity contribution in [2.45, 2.75) is 96.9 Å². The van der Waals surface area contributed by atoms with Crippen molar-refractivity contribution in [1.29, 1.82) is 0 Å². The molecule has 9 nitrogen and oxygen atoms in total. The minimum absolute atomic E-state index is 0.272. The van der Waals surface area contributed by atoms with Crippen molar-refractivity contribution in [2.24, 2.45) is 11.8 Å². The van der Waals surface area contributed by atoms with Crippen LogP contribution in [0.4, 0.5) is 0 Å². The van der Waals surface area contributed by atoms with E-state index in [-0.39, 0.29) is 12.3 Å². The average Bonchev–Trinajstić information content (AvgIpc) is 2.86. The smallest absolute Gasteiger partial charge is 0.246 e. The number of hydrazine groups is 1. The highest BCUT2D eigenvalue weighted by molar-refractivity contribution is 5.83. The predicted molar refractivity (Wildman–Crippen MR) is 152 cm³/mol. The number of hydrogen-bond donors (Lipinski definition) is 4. The van der Waals surface area contributed by atoms with Crippen LogP contribution in [0, 0.1) is 5.92 Å². The summed E-state index contributed by atoms with van der Waals surface area (Å²) >= 11 is 0. The zero-order valence-corrected chi connectivity index (χ0v) is 24.0. The van der Waals surface area contributed by atoms with Crippen molar-refractivity contribution in [3.05, 3.63) is 71.8 Å². The van der Waals surface area contributed by atoms with Crippen LogP contribution in [0.2, 0.25) is 0 Å². The summed E-state index contributed by atoms with van der Waals surface area (Å²) in [5.74, 6) is 5.54. The van der Waals surface area contributed by atoms with Gasteiger partial charge in [0.1, 0.15) is 12.2 Å². The fourth-order valence-electron chi connectivity index (χ4n) is 4.64. The fraction of sp³-hybridized carbons (Fsp3) is 0.533. The zero-order valence-electron chi connectivity index (χ0n) is 24.0. The van der Waals surface area contributed by atoms with Gasteiger partial charge in [-0.3, -0.25) is 14.4 Å². The second-order valence-electron chi connectivity index (χ2n) is 11.3. The van der Waals surface area contributed by atoms with E-state index >= 15 is 0 Å². The van der Waals surface area contributed by atoms with Crippen LogP contribution in [0.15, 0.2) is 60.7 Å². The summed E-state index contributed by atoms with van der Waals surface area (Å²) in [6.45, 7) is 10.8. The first-order chi connectivity index (χ1) is 18.4. The lowest BCUT2D eigenvalue weighted by molar-refractivity contribution is -0.259. The number of amides is 2. The Hall–Kier alpha value is -2.82. The van der Waals surface area contributed by atoms with E-state index in [1.54, 1.807) is 6.92 Å². The van der Waals surface area contributed by atoms with Crippen molar-refractivity contribution in [3.63, 3.8) is 0 Å². The highest BCUT2D eigenvalue weighted by Crippen LogP contribution is 2.24. The third-order valence-electron chi connectivity index (χ3n) is 6.47. The molecular weight excluding hydrogens is 496 g/mol. The number of carbonyl (C=O) groups excluding carboxylic acids is 2. The lowest BCUT2D eigenvalue weighted by Gasteiger charge is -2.45. The molecule has 2 aromatic rings. The third-order valence-corrected chi connectivity index (χ3v) is 6.47. The van der Waals surface area contributed by atoms with Crippen molar-refractivity contribution >= 4 is 12.3 Å². The van der Waals surface area contributed by atoms with Crippen LogP contribution in [0.5, 0.6) is 0 Å². The van der Waals surface area contributed by atoms with Crippen LogP contribution >= 0.6 is 0 Å². The van der Waals surface area contributed by atoms with E-state index < -0.39 is 42.0 Å². The van der Waals surface area contributed by atoms with Gasteiger partial charge >= 0.3 is 0 Å². The summed E-state index contributed by atoms with van der Waals surface area (Å²) in [5, 5.41) is 26.1. The molecule has 2 aromatic carbocycles. The number of nitrogens with one attached hydrogen (secondary N) is 1. The quantitative estimate of drug-likeness (QED) is 0.118. The van der Waals surface area contributed by atoms with Gasteiger partial charge in [0.2, 0.25) is 12.3 Å². The SMILES string of the molecule is CC(O)C(Cc1ccccc1)N(C(=O)[C@H](C(C)C)N(N)OC(C)(C)C)C(NC=O)C(O)CCc1ccccc1. The normalized spacial score (nSPS) is 15.9. The molecule has 4 unspecified atom stereocenters. The number of hydrogen-bond acceptors (Lipinski definition) is 7. The van der Waals surface area contributed by atoms with Gasteiger partial charge in [-0.05, 0) is 64.0 Å². The maximum atomic E-state index is 14.4. The molecule has 0 bridgehead atoms. The molecule has 0 radical (unpaired) electrons. The van der Waals surface area contributed by atoms with Crippen molar-refractivity contribution in [2.75, 3.05) is 0 Å². The molecule has 0 aliphatic rings. The second-order valence-corrected chi connectivity index (χ2v) is 11.3. The Morgan fingerprint density at radius 3 is 2.00 bits per heavy atom. The highest BCUT2D eigenvalue weighted by atomic mass is 16.7. The van der Waals surface area contributed by atoms with Crippen LogP contribution in [-0.2, 0) is 27.3 Å². The molecular formula is C30H46N4O5. The topological polar surface area (TPSA) is 128 Å². The number of carbonyl (C=O) groups is 2. The molecule has 0 spiro atoms. The van der Waals surface area contributed by atoms with E-state index in [2.05, 4.69) is 5.32 Å². The minimum atomic E-state index is -1.13. The predicted octanol–water partition coefficient (Wildman–Crippen LogP) is 2.80. The molecule has 216 valence electrons. The summed E-state index contributed by atoms with van der Waals surface area (Å²) in [6, 6.07) is 17.4. The molecule has 0 aliphatic heterocycles. The molecule has 0 aromatic heterocycles. The average molecular weight is 543 g/mol. The van der Waals surface area contributed by atoms with Gasteiger partial charge in [0, 0.05) is 0 Å². The Balaban J connectivity index is 2.54. The molecule has 0 saturated heterocycles. The molecule has 9 heteroatoms. The Morgan fingerprint density at radius 1 is 1.00 bits per heavy atom. The lowest BCUT2D eigenvalue weighted by atomic mass is 9.94. The fourth-order valence-corrected chi connectivity index (χ4v) is 4.64. The lowest BCUT2D eigenvalue weighted by Crippen LogP contribution is -2.66. The van der Waals surface area contributed by atoms with Gasteiger partial charge in [-0.25, -0.2) is 5.84 Å². The molecule has 0 aliphatic carbocycles. The number of benzene rings is 2. The first kappa shape index (κ1) is 32.4. The molecule has 39 heavy (non-hydrogen) atoms. The van der Waals surface area contributed by atoms with E-state index in [4.69, 9.17) is 10.7 Å².